The molecule has 0 bridgehead atoms. The number of rotatable bonds is 9. The molecule has 1 aromatic carbocycles. The normalized spacial score (nSPS) is 13.9. The molecule has 0 fully saturated rings. The van der Waals surface area contributed by atoms with Crippen LogP contribution in [0.25, 0.3) is 0 Å². The number of anilines is 1. The average Bonchev–Trinajstić information content (AvgIpc) is 3.16. The van der Waals surface area contributed by atoms with Gasteiger partial charge in [0.05, 0.1) is 10.5 Å². The summed E-state index contributed by atoms with van der Waals surface area (Å²) in [6.45, 7) is 8.65. The summed E-state index contributed by atoms with van der Waals surface area (Å²) in [5, 5.41) is 5.21. The molecule has 2 aromatic rings. The van der Waals surface area contributed by atoms with Gasteiger partial charge < -0.3 is 11.1 Å². The van der Waals surface area contributed by atoms with Gasteiger partial charge in [0.25, 0.3) is 11.8 Å². The van der Waals surface area contributed by atoms with Gasteiger partial charge in [-0.3, -0.25) is 19.8 Å². The fourth-order valence-electron chi connectivity index (χ4n) is 4.13. The van der Waals surface area contributed by atoms with Gasteiger partial charge >= 0.3 is 6.03 Å². The maximum atomic E-state index is 13.0. The number of imide groups is 1. The van der Waals surface area contributed by atoms with Gasteiger partial charge in [0, 0.05) is 36.6 Å². The van der Waals surface area contributed by atoms with Crippen molar-refractivity contribution < 1.29 is 22.8 Å². The molecule has 35 heavy (non-hydrogen) atoms. The molecule has 4 N–H and O–H groups in total. The second-order valence-corrected chi connectivity index (χ2v) is 11.2. The lowest BCUT2D eigenvalue weighted by molar-refractivity contribution is 0.0965. The van der Waals surface area contributed by atoms with E-state index >= 15 is 0 Å². The molecule has 1 aliphatic heterocycles. The number of hydrogen-bond donors (Lipinski definition) is 3. The van der Waals surface area contributed by atoms with Crippen LogP contribution in [-0.4, -0.2) is 61.6 Å². The topological polar surface area (TPSA) is 142 Å². The zero-order valence-corrected chi connectivity index (χ0v) is 21.7. The lowest BCUT2D eigenvalue weighted by Crippen LogP contribution is -2.36. The van der Waals surface area contributed by atoms with Crippen LogP contribution in [0.5, 0.6) is 0 Å². The van der Waals surface area contributed by atoms with E-state index in [9.17, 15) is 22.8 Å². The fourth-order valence-corrected chi connectivity index (χ4v) is 6.87. The molecule has 0 saturated heterocycles. The molecule has 10 nitrogen and oxygen atoms in total. The average molecular weight is 522 g/mol. The molecule has 1 aromatic heterocycles. The van der Waals surface area contributed by atoms with Crippen molar-refractivity contribution >= 4 is 44.2 Å². The highest BCUT2D eigenvalue weighted by Gasteiger charge is 2.29. The van der Waals surface area contributed by atoms with E-state index in [1.54, 1.807) is 13.8 Å². The Morgan fingerprint density at radius 1 is 1.09 bits per heavy atom. The minimum atomic E-state index is -3.64. The van der Waals surface area contributed by atoms with Gasteiger partial charge in [-0.2, -0.15) is 4.31 Å². The lowest BCUT2D eigenvalue weighted by atomic mass is 10.0. The lowest BCUT2D eigenvalue weighted by Gasteiger charge is -2.26. The van der Waals surface area contributed by atoms with Crippen LogP contribution < -0.4 is 16.4 Å². The Morgan fingerprint density at radius 2 is 1.74 bits per heavy atom. The molecule has 2 heterocycles. The first kappa shape index (κ1) is 26.8. The van der Waals surface area contributed by atoms with Crippen LogP contribution in [0.3, 0.4) is 0 Å². The van der Waals surface area contributed by atoms with Crippen molar-refractivity contribution in [3.8, 4) is 0 Å². The summed E-state index contributed by atoms with van der Waals surface area (Å²) in [4.78, 5) is 40.4. The monoisotopic (exact) mass is 521 g/mol. The highest BCUT2D eigenvalue weighted by atomic mass is 32.2. The third-order valence-electron chi connectivity index (χ3n) is 5.83. The molecular weight excluding hydrogens is 490 g/mol. The van der Waals surface area contributed by atoms with E-state index in [1.165, 1.54) is 39.9 Å². The van der Waals surface area contributed by atoms with Gasteiger partial charge in [-0.25, -0.2) is 13.2 Å². The minimum absolute atomic E-state index is 0.0990. The number of fused-ring (bicyclic) bond motifs is 1. The number of thiophene rings is 1. The number of hydrogen-bond acceptors (Lipinski definition) is 7. The Kier molecular flexibility index (Phi) is 8.65. The summed E-state index contributed by atoms with van der Waals surface area (Å²) in [6, 6.07) is 4.69. The second kappa shape index (κ2) is 11.3. The maximum absolute atomic E-state index is 13.0. The Balaban J connectivity index is 1.88. The minimum Gasteiger partial charge on any atom is -0.351 e. The van der Waals surface area contributed by atoms with Crippen LogP contribution in [0.4, 0.5) is 9.80 Å². The van der Waals surface area contributed by atoms with Crippen LogP contribution in [-0.2, 0) is 23.0 Å². The first-order chi connectivity index (χ1) is 16.6. The van der Waals surface area contributed by atoms with Crippen LogP contribution in [0.15, 0.2) is 29.2 Å². The summed E-state index contributed by atoms with van der Waals surface area (Å²) in [6.07, 6.45) is 1.61. The van der Waals surface area contributed by atoms with E-state index < -0.39 is 27.9 Å². The first-order valence-electron chi connectivity index (χ1n) is 11.5. The highest BCUT2D eigenvalue weighted by molar-refractivity contribution is 7.89. The summed E-state index contributed by atoms with van der Waals surface area (Å²) < 4.78 is 26.7. The van der Waals surface area contributed by atoms with Gasteiger partial charge in [-0.15, -0.1) is 11.3 Å². The van der Waals surface area contributed by atoms with Gasteiger partial charge in [0.15, 0.2) is 0 Å². The zero-order valence-electron chi connectivity index (χ0n) is 20.1. The molecule has 0 unspecified atom stereocenters. The van der Waals surface area contributed by atoms with E-state index in [0.717, 1.165) is 30.0 Å². The van der Waals surface area contributed by atoms with E-state index in [0.29, 0.717) is 31.1 Å². The smallest absolute Gasteiger partial charge is 0.319 e. The molecule has 12 heteroatoms. The number of primary amides is 1. The van der Waals surface area contributed by atoms with E-state index in [-0.39, 0.29) is 16.0 Å². The fraction of sp³-hybridized carbons (Fsp3) is 0.435. The summed E-state index contributed by atoms with van der Waals surface area (Å²) in [5.74, 6) is -1.15. The Hall–Kier alpha value is -2.80. The van der Waals surface area contributed by atoms with E-state index in [1.807, 2.05) is 0 Å². The number of urea groups is 1. The van der Waals surface area contributed by atoms with Crippen LogP contribution >= 0.6 is 11.3 Å². The highest BCUT2D eigenvalue weighted by Crippen LogP contribution is 2.37. The molecule has 4 amide bonds. The molecule has 190 valence electrons. The predicted molar refractivity (Wildman–Crippen MR) is 135 cm³/mol. The van der Waals surface area contributed by atoms with Crippen molar-refractivity contribution in [1.29, 1.82) is 0 Å². The van der Waals surface area contributed by atoms with Crippen LogP contribution in [0, 0.1) is 0 Å². The number of sulfonamides is 1. The van der Waals surface area contributed by atoms with Crippen LogP contribution in [0.1, 0.15) is 58.3 Å². The van der Waals surface area contributed by atoms with E-state index in [4.69, 9.17) is 5.73 Å². The second-order valence-electron chi connectivity index (χ2n) is 8.12. The van der Waals surface area contributed by atoms with Gasteiger partial charge in [-0.1, -0.05) is 20.8 Å². The van der Waals surface area contributed by atoms with Gasteiger partial charge in [0.2, 0.25) is 10.0 Å². The van der Waals surface area contributed by atoms with Gasteiger partial charge in [-0.05, 0) is 49.2 Å². The summed E-state index contributed by atoms with van der Waals surface area (Å²) in [7, 11) is -3.64. The SMILES string of the molecule is CCCN1CCc2c(sc(NC(=O)c3ccc(S(=O)(=O)N(CC)CC)cc3)c2C(=O)NC(N)=O)C1. The first-order valence-corrected chi connectivity index (χ1v) is 13.8. The van der Waals surface area contributed by atoms with Crippen molar-refractivity contribution in [2.45, 2.75) is 45.1 Å². The predicted octanol–water partition coefficient (Wildman–Crippen LogP) is 2.61. The zero-order chi connectivity index (χ0) is 25.8. The third kappa shape index (κ3) is 5.89. The molecule has 0 saturated carbocycles. The van der Waals surface area contributed by atoms with Gasteiger partial charge in [0.1, 0.15) is 5.00 Å². The van der Waals surface area contributed by atoms with Crippen molar-refractivity contribution in [3.05, 3.63) is 45.8 Å². The molecule has 0 atom stereocenters. The number of nitrogens with zero attached hydrogens (tertiary/aromatic N) is 2. The standard InChI is InChI=1S/C23H31N5O5S2/c1-4-12-27-13-11-17-18(14-27)34-22(19(17)21(30)26-23(24)31)25-20(29)15-7-9-16(10-8-15)35(32,33)28(5-2)6-3/h7-10H,4-6,11-14H2,1-3H3,(H,25,29)(H3,24,26,30,31). The van der Waals surface area contributed by atoms with Crippen molar-refractivity contribution in [2.24, 2.45) is 5.73 Å². The maximum Gasteiger partial charge on any atom is 0.319 e. The molecular formula is C23H31N5O5S2. The molecule has 0 spiro atoms. The molecule has 1 aliphatic rings. The number of carbonyl (C=O) groups excluding carboxylic acids is 3. The van der Waals surface area contributed by atoms with E-state index in [2.05, 4.69) is 22.5 Å². The number of carbonyl (C=O) groups is 3. The number of nitrogens with two attached hydrogens (primary N) is 1. The Labute approximate surface area is 209 Å². The summed E-state index contributed by atoms with van der Waals surface area (Å²) in [5.41, 5.74) is 6.44. The van der Waals surface area contributed by atoms with Crippen molar-refractivity contribution in [3.63, 3.8) is 0 Å². The quantitative estimate of drug-likeness (QED) is 0.463. The molecule has 0 radical (unpaired) electrons. The third-order valence-corrected chi connectivity index (χ3v) is 9.02. The Morgan fingerprint density at radius 3 is 2.31 bits per heavy atom. The largest absolute Gasteiger partial charge is 0.351 e. The van der Waals surface area contributed by atoms with Crippen molar-refractivity contribution in [1.82, 2.24) is 14.5 Å². The molecule has 3 rings (SSSR count). The number of benzene rings is 1. The number of amides is 4. The number of nitrogens with one attached hydrogen (secondary N) is 2. The molecule has 0 aliphatic carbocycles. The summed E-state index contributed by atoms with van der Waals surface area (Å²) >= 11 is 1.30. The van der Waals surface area contributed by atoms with Crippen LogP contribution in [0.2, 0.25) is 0 Å². The van der Waals surface area contributed by atoms with Crippen molar-refractivity contribution in [2.75, 3.05) is 31.5 Å². The Bertz CT molecular complexity index is 1200.